The highest BCUT2D eigenvalue weighted by Crippen LogP contribution is 2.34. The molecule has 1 aliphatic carbocycles. The standard InChI is InChI=1S/C20H20O5/c1-24-20(23)15-10-11-18(25-16-4-2-3-5-16)17(12-15)13-6-8-14(9-7-13)19(21)22/h6-12,16H,2-5H2,1H3,(H,21,22). The molecular formula is C20H20O5. The number of aromatic carboxylic acids is 1. The van der Waals surface area contributed by atoms with Gasteiger partial charge in [-0.1, -0.05) is 12.1 Å². The Morgan fingerprint density at radius 2 is 1.64 bits per heavy atom. The van der Waals surface area contributed by atoms with E-state index in [1.807, 2.05) is 0 Å². The van der Waals surface area contributed by atoms with Gasteiger partial charge in [-0.3, -0.25) is 0 Å². The Bertz CT molecular complexity index is 773. The van der Waals surface area contributed by atoms with Crippen molar-refractivity contribution >= 4 is 11.9 Å². The highest BCUT2D eigenvalue weighted by molar-refractivity contribution is 5.92. The Kier molecular flexibility index (Phi) is 5.03. The average Bonchev–Trinajstić information content (AvgIpc) is 3.14. The summed E-state index contributed by atoms with van der Waals surface area (Å²) in [5, 5.41) is 9.05. The summed E-state index contributed by atoms with van der Waals surface area (Å²) < 4.78 is 10.9. The maximum absolute atomic E-state index is 11.9. The van der Waals surface area contributed by atoms with Crippen molar-refractivity contribution in [2.75, 3.05) is 7.11 Å². The number of carboxylic acid groups (broad SMARTS) is 1. The Balaban J connectivity index is 1.99. The Labute approximate surface area is 146 Å². The number of hydrogen-bond acceptors (Lipinski definition) is 4. The van der Waals surface area contributed by atoms with Gasteiger partial charge in [0.15, 0.2) is 0 Å². The molecule has 130 valence electrons. The Morgan fingerprint density at radius 1 is 1.00 bits per heavy atom. The summed E-state index contributed by atoms with van der Waals surface area (Å²) in [5.74, 6) is -0.698. The van der Waals surface area contributed by atoms with Crippen LogP contribution in [0.5, 0.6) is 5.75 Å². The molecule has 5 heteroatoms. The summed E-state index contributed by atoms with van der Waals surface area (Å²) in [4.78, 5) is 22.9. The van der Waals surface area contributed by atoms with Gasteiger partial charge in [0.25, 0.3) is 0 Å². The van der Waals surface area contributed by atoms with Crippen molar-refractivity contribution in [1.29, 1.82) is 0 Å². The minimum Gasteiger partial charge on any atom is -0.490 e. The summed E-state index contributed by atoms with van der Waals surface area (Å²) in [6.45, 7) is 0. The van der Waals surface area contributed by atoms with Crippen LogP contribution in [0.2, 0.25) is 0 Å². The minimum atomic E-state index is -0.975. The molecule has 1 aliphatic rings. The van der Waals surface area contributed by atoms with E-state index < -0.39 is 11.9 Å². The molecule has 0 aromatic heterocycles. The van der Waals surface area contributed by atoms with Gasteiger partial charge in [0.1, 0.15) is 5.75 Å². The normalized spacial score (nSPS) is 14.3. The first-order valence-corrected chi connectivity index (χ1v) is 8.31. The molecule has 0 atom stereocenters. The molecule has 0 radical (unpaired) electrons. The van der Waals surface area contributed by atoms with Gasteiger partial charge >= 0.3 is 11.9 Å². The number of carbonyl (C=O) groups is 2. The highest BCUT2D eigenvalue weighted by Gasteiger charge is 2.20. The van der Waals surface area contributed by atoms with Crippen molar-refractivity contribution in [3.8, 4) is 16.9 Å². The van der Waals surface area contributed by atoms with E-state index in [4.69, 9.17) is 14.6 Å². The number of ether oxygens (including phenoxy) is 2. The topological polar surface area (TPSA) is 72.8 Å². The van der Waals surface area contributed by atoms with Gasteiger partial charge in [0.2, 0.25) is 0 Å². The van der Waals surface area contributed by atoms with Crippen LogP contribution < -0.4 is 4.74 Å². The van der Waals surface area contributed by atoms with Crippen LogP contribution in [0.1, 0.15) is 46.4 Å². The van der Waals surface area contributed by atoms with E-state index in [0.29, 0.717) is 11.3 Å². The fourth-order valence-corrected chi connectivity index (χ4v) is 3.08. The van der Waals surface area contributed by atoms with E-state index in [1.54, 1.807) is 42.5 Å². The van der Waals surface area contributed by atoms with Crippen molar-refractivity contribution in [2.24, 2.45) is 0 Å². The van der Waals surface area contributed by atoms with Crippen LogP contribution in [-0.2, 0) is 4.74 Å². The van der Waals surface area contributed by atoms with Crippen LogP contribution >= 0.6 is 0 Å². The van der Waals surface area contributed by atoms with Gasteiger partial charge in [-0.05, 0) is 61.6 Å². The van der Waals surface area contributed by atoms with Gasteiger partial charge in [-0.25, -0.2) is 9.59 Å². The SMILES string of the molecule is COC(=O)c1ccc(OC2CCCC2)c(-c2ccc(C(=O)O)cc2)c1. The number of methoxy groups -OCH3 is 1. The fraction of sp³-hybridized carbons (Fsp3) is 0.300. The number of rotatable bonds is 5. The lowest BCUT2D eigenvalue weighted by Crippen LogP contribution is -2.12. The molecule has 0 spiro atoms. The van der Waals surface area contributed by atoms with Crippen LogP contribution in [0.4, 0.5) is 0 Å². The molecule has 5 nitrogen and oxygen atoms in total. The molecular weight excluding hydrogens is 320 g/mol. The molecule has 2 aromatic rings. The minimum absolute atomic E-state index is 0.181. The Hall–Kier alpha value is -2.82. The molecule has 0 unspecified atom stereocenters. The quantitative estimate of drug-likeness (QED) is 0.827. The molecule has 0 aliphatic heterocycles. The molecule has 1 N–H and O–H groups in total. The monoisotopic (exact) mass is 340 g/mol. The van der Waals surface area contributed by atoms with Crippen molar-refractivity contribution in [2.45, 2.75) is 31.8 Å². The first-order valence-electron chi connectivity index (χ1n) is 8.31. The molecule has 0 bridgehead atoms. The average molecular weight is 340 g/mol. The second-order valence-corrected chi connectivity index (χ2v) is 6.11. The van der Waals surface area contributed by atoms with Crippen molar-refractivity contribution in [1.82, 2.24) is 0 Å². The highest BCUT2D eigenvalue weighted by atomic mass is 16.5. The van der Waals surface area contributed by atoms with E-state index >= 15 is 0 Å². The molecule has 3 rings (SSSR count). The summed E-state index contributed by atoms with van der Waals surface area (Å²) in [6, 6.07) is 11.7. The van der Waals surface area contributed by atoms with E-state index in [2.05, 4.69) is 0 Å². The molecule has 1 fully saturated rings. The molecule has 25 heavy (non-hydrogen) atoms. The summed E-state index contributed by atoms with van der Waals surface area (Å²) in [5.41, 5.74) is 2.19. The van der Waals surface area contributed by atoms with Crippen LogP contribution in [0.3, 0.4) is 0 Å². The van der Waals surface area contributed by atoms with Crippen LogP contribution in [0, 0.1) is 0 Å². The van der Waals surface area contributed by atoms with E-state index in [0.717, 1.165) is 36.8 Å². The van der Waals surface area contributed by atoms with E-state index in [1.165, 1.54) is 7.11 Å². The van der Waals surface area contributed by atoms with Gasteiger partial charge in [0.05, 0.1) is 24.3 Å². The zero-order chi connectivity index (χ0) is 17.8. The predicted octanol–water partition coefficient (Wildman–Crippen LogP) is 4.16. The maximum atomic E-state index is 11.9. The third-order valence-electron chi connectivity index (χ3n) is 4.44. The van der Waals surface area contributed by atoms with Crippen LogP contribution in [-0.4, -0.2) is 30.3 Å². The van der Waals surface area contributed by atoms with Crippen LogP contribution in [0.25, 0.3) is 11.1 Å². The first kappa shape index (κ1) is 17.0. The zero-order valence-electron chi connectivity index (χ0n) is 14.0. The lowest BCUT2D eigenvalue weighted by molar-refractivity contribution is 0.0599. The molecule has 2 aromatic carbocycles. The number of hydrogen-bond donors (Lipinski definition) is 1. The molecule has 1 saturated carbocycles. The maximum Gasteiger partial charge on any atom is 0.337 e. The van der Waals surface area contributed by atoms with Crippen LogP contribution in [0.15, 0.2) is 42.5 Å². The fourth-order valence-electron chi connectivity index (χ4n) is 3.08. The molecule has 0 heterocycles. The summed E-state index contributed by atoms with van der Waals surface area (Å²) >= 11 is 0. The van der Waals surface area contributed by atoms with Gasteiger partial charge in [0, 0.05) is 5.56 Å². The third-order valence-corrected chi connectivity index (χ3v) is 4.44. The van der Waals surface area contributed by atoms with Gasteiger partial charge < -0.3 is 14.6 Å². The number of carboxylic acids is 1. The zero-order valence-corrected chi connectivity index (χ0v) is 14.0. The van der Waals surface area contributed by atoms with Gasteiger partial charge in [-0.15, -0.1) is 0 Å². The lowest BCUT2D eigenvalue weighted by atomic mass is 10.0. The lowest BCUT2D eigenvalue weighted by Gasteiger charge is -2.17. The van der Waals surface area contributed by atoms with Crippen molar-refractivity contribution < 1.29 is 24.2 Å². The first-order chi connectivity index (χ1) is 12.1. The third kappa shape index (κ3) is 3.82. The molecule has 0 saturated heterocycles. The van der Waals surface area contributed by atoms with Crippen molar-refractivity contribution in [3.63, 3.8) is 0 Å². The Morgan fingerprint density at radius 3 is 2.24 bits per heavy atom. The summed E-state index contributed by atoms with van der Waals surface area (Å²) in [7, 11) is 1.34. The summed E-state index contributed by atoms with van der Waals surface area (Å²) in [6.07, 6.45) is 4.55. The number of esters is 1. The number of carbonyl (C=O) groups excluding carboxylic acids is 1. The number of benzene rings is 2. The van der Waals surface area contributed by atoms with Crippen molar-refractivity contribution in [3.05, 3.63) is 53.6 Å². The van der Waals surface area contributed by atoms with E-state index in [-0.39, 0.29) is 11.7 Å². The smallest absolute Gasteiger partial charge is 0.337 e. The van der Waals surface area contributed by atoms with E-state index in [9.17, 15) is 9.59 Å². The largest absolute Gasteiger partial charge is 0.490 e. The molecule has 0 amide bonds. The van der Waals surface area contributed by atoms with Gasteiger partial charge in [-0.2, -0.15) is 0 Å². The second kappa shape index (κ2) is 7.38. The predicted molar refractivity (Wildman–Crippen MR) is 93.1 cm³/mol. The second-order valence-electron chi connectivity index (χ2n) is 6.11.